The molecular weight excluding hydrogens is 292 g/mol. The summed E-state index contributed by atoms with van der Waals surface area (Å²) in [4.78, 5) is 1.95. The molecule has 0 aromatic rings. The van der Waals surface area contributed by atoms with Crippen LogP contribution >= 0.6 is 0 Å². The van der Waals surface area contributed by atoms with E-state index < -0.39 is 0 Å². The summed E-state index contributed by atoms with van der Waals surface area (Å²) in [7, 11) is 0. The Morgan fingerprint density at radius 3 is 2.12 bits per heavy atom. The van der Waals surface area contributed by atoms with Crippen molar-refractivity contribution in [3.63, 3.8) is 0 Å². The maximum absolute atomic E-state index is 4.14. The second-order valence-corrected chi connectivity index (χ2v) is 5.17. The number of nitrogens with zero attached hydrogens (tertiary/aromatic N) is 1. The van der Waals surface area contributed by atoms with Crippen LogP contribution in [0, 0.1) is 0 Å². The summed E-state index contributed by atoms with van der Waals surface area (Å²) in [5.41, 5.74) is 4.30. The van der Waals surface area contributed by atoms with Crippen LogP contribution in [-0.4, -0.2) is 4.90 Å². The van der Waals surface area contributed by atoms with Crippen molar-refractivity contribution in [3.05, 3.63) is 110 Å². The van der Waals surface area contributed by atoms with Crippen molar-refractivity contribution in [2.45, 2.75) is 26.7 Å². The average molecular weight is 322 g/mol. The molecule has 0 saturated carbocycles. The first-order valence-electron chi connectivity index (χ1n) is 7.92. The van der Waals surface area contributed by atoms with Crippen molar-refractivity contribution in [2.75, 3.05) is 0 Å². The standard InChI is InChI=1S/C22H30N2/c1-9-13-14-15-22(23-18(5)10-2)17-16-21(8)24(19(6)11-3)20(7)12-4/h9-12,15-17,23H,1-3,5-6,8,13-14H2,4,7H3/b17-16-,20-12+,22-15+. The maximum atomic E-state index is 4.14. The van der Waals surface area contributed by atoms with Gasteiger partial charge < -0.3 is 10.2 Å². The van der Waals surface area contributed by atoms with Crippen molar-refractivity contribution < 1.29 is 0 Å². The Kier molecular flexibility index (Phi) is 10.4. The second kappa shape index (κ2) is 11.8. The first-order chi connectivity index (χ1) is 11.4. The van der Waals surface area contributed by atoms with Gasteiger partial charge in [0.05, 0.1) is 0 Å². The lowest BCUT2D eigenvalue weighted by Gasteiger charge is -2.26. The number of hydrogen-bond donors (Lipinski definition) is 1. The molecule has 0 aliphatic carbocycles. The van der Waals surface area contributed by atoms with Gasteiger partial charge in [-0.3, -0.25) is 0 Å². The normalized spacial score (nSPS) is 11.8. The van der Waals surface area contributed by atoms with E-state index in [9.17, 15) is 0 Å². The summed E-state index contributed by atoms with van der Waals surface area (Å²) in [6, 6.07) is 0. The van der Waals surface area contributed by atoms with Gasteiger partial charge in [-0.25, -0.2) is 0 Å². The summed E-state index contributed by atoms with van der Waals surface area (Å²) in [6.07, 6.45) is 15.1. The summed E-state index contributed by atoms with van der Waals surface area (Å²) >= 11 is 0. The molecule has 0 heterocycles. The SMILES string of the molecule is C=CCC/C=C(\C=C/C(=C)N(C(=C)C=C)/C(C)=C/C)NC(=C)C=C. The first kappa shape index (κ1) is 21.3. The Hall–Kier alpha value is -2.74. The second-order valence-electron chi connectivity index (χ2n) is 5.17. The van der Waals surface area contributed by atoms with E-state index >= 15 is 0 Å². The molecular formula is C22H30N2. The third kappa shape index (κ3) is 7.50. The average Bonchev–Trinajstić information content (AvgIpc) is 2.58. The van der Waals surface area contributed by atoms with Gasteiger partial charge in [-0.05, 0) is 51.0 Å². The Bertz CT molecular complexity index is 595. The summed E-state index contributed by atoms with van der Waals surface area (Å²) < 4.78 is 0. The monoisotopic (exact) mass is 322 g/mol. The Morgan fingerprint density at radius 2 is 1.62 bits per heavy atom. The van der Waals surface area contributed by atoms with Gasteiger partial charge in [0.2, 0.25) is 0 Å². The van der Waals surface area contributed by atoms with E-state index in [4.69, 9.17) is 0 Å². The Morgan fingerprint density at radius 1 is 0.958 bits per heavy atom. The zero-order valence-corrected chi connectivity index (χ0v) is 15.1. The van der Waals surface area contributed by atoms with Gasteiger partial charge in [0.1, 0.15) is 0 Å². The predicted octanol–water partition coefficient (Wildman–Crippen LogP) is 6.12. The van der Waals surface area contributed by atoms with E-state index in [0.29, 0.717) is 0 Å². The molecule has 0 fully saturated rings. The van der Waals surface area contributed by atoms with Crippen molar-refractivity contribution >= 4 is 0 Å². The molecule has 0 aromatic heterocycles. The third-order valence-electron chi connectivity index (χ3n) is 3.32. The molecule has 0 aliphatic heterocycles. The molecule has 0 rings (SSSR count). The van der Waals surface area contributed by atoms with Crippen molar-refractivity contribution in [1.82, 2.24) is 10.2 Å². The van der Waals surface area contributed by atoms with Crippen LogP contribution in [0.2, 0.25) is 0 Å². The van der Waals surface area contributed by atoms with E-state index in [1.807, 2.05) is 43.1 Å². The molecule has 0 aliphatic rings. The van der Waals surface area contributed by atoms with Crippen molar-refractivity contribution in [3.8, 4) is 0 Å². The lowest BCUT2D eigenvalue weighted by molar-refractivity contribution is 0.564. The number of hydrogen-bond acceptors (Lipinski definition) is 2. The molecule has 0 unspecified atom stereocenters. The predicted molar refractivity (Wildman–Crippen MR) is 109 cm³/mol. The minimum absolute atomic E-state index is 0.743. The van der Waals surface area contributed by atoms with Crippen molar-refractivity contribution in [2.24, 2.45) is 0 Å². The summed E-state index contributed by atoms with van der Waals surface area (Å²) in [5, 5.41) is 3.22. The van der Waals surface area contributed by atoms with Crippen LogP contribution in [0.3, 0.4) is 0 Å². The van der Waals surface area contributed by atoms with Gasteiger partial charge in [0, 0.05) is 28.5 Å². The molecule has 24 heavy (non-hydrogen) atoms. The highest BCUT2D eigenvalue weighted by molar-refractivity contribution is 5.34. The van der Waals surface area contributed by atoms with Gasteiger partial charge in [-0.1, -0.05) is 51.1 Å². The maximum Gasteiger partial charge on any atom is 0.0386 e. The van der Waals surface area contributed by atoms with Crippen LogP contribution in [0.1, 0.15) is 26.7 Å². The Labute approximate surface area is 148 Å². The largest absolute Gasteiger partial charge is 0.356 e. The van der Waals surface area contributed by atoms with Gasteiger partial charge in [-0.2, -0.15) is 0 Å². The highest BCUT2D eigenvalue weighted by atomic mass is 15.1. The molecule has 0 atom stereocenters. The van der Waals surface area contributed by atoms with Gasteiger partial charge in [0.25, 0.3) is 0 Å². The Balaban J connectivity index is 5.37. The molecule has 0 spiro atoms. The highest BCUT2D eigenvalue weighted by Gasteiger charge is 2.08. The minimum atomic E-state index is 0.743. The van der Waals surface area contributed by atoms with Gasteiger partial charge >= 0.3 is 0 Å². The molecule has 2 nitrogen and oxygen atoms in total. The van der Waals surface area contributed by atoms with Crippen LogP contribution in [0.15, 0.2) is 110 Å². The number of allylic oxidation sites excluding steroid dienone is 8. The lowest BCUT2D eigenvalue weighted by Crippen LogP contribution is -2.17. The van der Waals surface area contributed by atoms with Crippen LogP contribution < -0.4 is 5.32 Å². The fourth-order valence-corrected chi connectivity index (χ4v) is 1.87. The van der Waals surface area contributed by atoms with Crippen LogP contribution in [0.4, 0.5) is 0 Å². The minimum Gasteiger partial charge on any atom is -0.356 e. The molecule has 0 radical (unpaired) electrons. The molecule has 1 N–H and O–H groups in total. The van der Waals surface area contributed by atoms with E-state index in [1.165, 1.54) is 0 Å². The van der Waals surface area contributed by atoms with E-state index in [0.717, 1.165) is 41.3 Å². The molecule has 2 heteroatoms. The van der Waals surface area contributed by atoms with E-state index in [1.54, 1.807) is 12.2 Å². The zero-order valence-electron chi connectivity index (χ0n) is 15.1. The van der Waals surface area contributed by atoms with Crippen LogP contribution in [0.25, 0.3) is 0 Å². The fourth-order valence-electron chi connectivity index (χ4n) is 1.87. The van der Waals surface area contributed by atoms with Gasteiger partial charge in [-0.15, -0.1) is 6.58 Å². The zero-order chi connectivity index (χ0) is 18.5. The number of rotatable bonds is 12. The van der Waals surface area contributed by atoms with Crippen molar-refractivity contribution in [1.29, 1.82) is 0 Å². The number of unbranched alkanes of at least 4 members (excludes halogenated alkanes) is 1. The van der Waals surface area contributed by atoms with E-state index in [-0.39, 0.29) is 0 Å². The van der Waals surface area contributed by atoms with Gasteiger partial charge in [0.15, 0.2) is 0 Å². The molecule has 128 valence electrons. The molecule has 0 amide bonds. The summed E-state index contributed by atoms with van der Waals surface area (Å²) in [6.45, 7) is 27.3. The lowest BCUT2D eigenvalue weighted by atomic mass is 10.2. The van der Waals surface area contributed by atoms with E-state index in [2.05, 4.69) is 50.9 Å². The fraction of sp³-hybridized carbons (Fsp3) is 0.182. The first-order valence-corrected chi connectivity index (χ1v) is 7.92. The van der Waals surface area contributed by atoms with Crippen LogP contribution in [-0.2, 0) is 0 Å². The van der Waals surface area contributed by atoms with Crippen LogP contribution in [0.5, 0.6) is 0 Å². The number of nitrogens with one attached hydrogen (secondary N) is 1. The topological polar surface area (TPSA) is 15.3 Å². The summed E-state index contributed by atoms with van der Waals surface area (Å²) in [5.74, 6) is 0. The smallest absolute Gasteiger partial charge is 0.0386 e. The molecule has 0 bridgehead atoms. The highest BCUT2D eigenvalue weighted by Crippen LogP contribution is 2.20. The third-order valence-corrected chi connectivity index (χ3v) is 3.32. The molecule has 0 saturated heterocycles. The molecule has 0 aromatic carbocycles. The quantitative estimate of drug-likeness (QED) is 0.264.